The number of nitrogens with one attached hydrogen (secondary N) is 1. The molecular formula is C18H19N3O2S. The number of rotatable bonds is 6. The first-order valence-electron chi connectivity index (χ1n) is 7.62. The second kappa shape index (κ2) is 7.42. The molecule has 2 heterocycles. The first-order chi connectivity index (χ1) is 11.7. The molecule has 1 N–H and O–H groups in total. The first kappa shape index (κ1) is 16.4. The van der Waals surface area contributed by atoms with Crippen LogP contribution in [0.5, 0.6) is 0 Å². The van der Waals surface area contributed by atoms with Crippen molar-refractivity contribution in [1.29, 1.82) is 0 Å². The van der Waals surface area contributed by atoms with E-state index in [0.717, 1.165) is 17.1 Å². The number of hydrogen-bond donors (Lipinski definition) is 1. The number of amides is 1. The van der Waals surface area contributed by atoms with E-state index in [1.54, 1.807) is 24.6 Å². The molecule has 2 aromatic heterocycles. The number of anilines is 1. The lowest BCUT2D eigenvalue weighted by Crippen LogP contribution is -2.10. The SMILES string of the molecule is CO[C@@H](Cn1ccnc1-c1ccc(NC(C)=O)cc1)c1cccs1. The Morgan fingerprint density at radius 3 is 2.75 bits per heavy atom. The average molecular weight is 341 g/mol. The van der Waals surface area contributed by atoms with Gasteiger partial charge in [0.1, 0.15) is 11.9 Å². The van der Waals surface area contributed by atoms with Gasteiger partial charge in [0.05, 0.1) is 6.54 Å². The maximum Gasteiger partial charge on any atom is 0.221 e. The lowest BCUT2D eigenvalue weighted by Gasteiger charge is -2.16. The van der Waals surface area contributed by atoms with Gasteiger partial charge >= 0.3 is 0 Å². The number of imidazole rings is 1. The number of thiophene rings is 1. The Labute approximate surface area is 144 Å². The van der Waals surface area contributed by atoms with Crippen molar-refractivity contribution in [3.8, 4) is 11.4 Å². The van der Waals surface area contributed by atoms with Crippen molar-refractivity contribution in [1.82, 2.24) is 9.55 Å². The van der Waals surface area contributed by atoms with E-state index in [1.165, 1.54) is 11.8 Å². The van der Waals surface area contributed by atoms with Gasteiger partial charge in [0, 0.05) is 42.6 Å². The highest BCUT2D eigenvalue weighted by molar-refractivity contribution is 7.10. The van der Waals surface area contributed by atoms with Crippen LogP contribution < -0.4 is 5.32 Å². The molecular weight excluding hydrogens is 322 g/mol. The van der Waals surface area contributed by atoms with E-state index in [1.807, 2.05) is 36.5 Å². The molecule has 0 fully saturated rings. The minimum absolute atomic E-state index is 0.00315. The van der Waals surface area contributed by atoms with Crippen molar-refractivity contribution in [2.75, 3.05) is 12.4 Å². The molecule has 0 aliphatic heterocycles. The van der Waals surface area contributed by atoms with Crippen LogP contribution in [0.1, 0.15) is 17.9 Å². The summed E-state index contributed by atoms with van der Waals surface area (Å²) < 4.78 is 7.72. The Morgan fingerprint density at radius 2 is 2.12 bits per heavy atom. The van der Waals surface area contributed by atoms with Gasteiger partial charge in [0.25, 0.3) is 0 Å². The molecule has 3 rings (SSSR count). The van der Waals surface area contributed by atoms with Crippen LogP contribution in [0.3, 0.4) is 0 Å². The molecule has 1 atom stereocenters. The Morgan fingerprint density at radius 1 is 1.33 bits per heavy atom. The molecule has 0 spiro atoms. The fourth-order valence-corrected chi connectivity index (χ4v) is 3.35. The van der Waals surface area contributed by atoms with Gasteiger partial charge in [-0.05, 0) is 35.7 Å². The molecule has 0 bridgehead atoms. The van der Waals surface area contributed by atoms with E-state index in [4.69, 9.17) is 4.74 Å². The minimum atomic E-state index is -0.0804. The molecule has 124 valence electrons. The van der Waals surface area contributed by atoms with Gasteiger partial charge in [-0.15, -0.1) is 11.3 Å². The third-order valence-electron chi connectivity index (χ3n) is 3.69. The highest BCUT2D eigenvalue weighted by Crippen LogP contribution is 2.26. The standard InChI is InChI=1S/C18H19N3O2S/c1-13(22)20-15-7-5-14(6-8-15)18-19-9-10-21(18)12-16(23-2)17-4-3-11-24-17/h3-11,16H,12H2,1-2H3,(H,20,22)/t16-/m0/s1. The second-order valence-corrected chi connectivity index (χ2v) is 6.38. The van der Waals surface area contributed by atoms with Crippen LogP contribution in [0.15, 0.2) is 54.2 Å². The van der Waals surface area contributed by atoms with E-state index in [9.17, 15) is 4.79 Å². The summed E-state index contributed by atoms with van der Waals surface area (Å²) in [5, 5.41) is 4.82. The Hall–Kier alpha value is -2.44. The van der Waals surface area contributed by atoms with Crippen LogP contribution in [-0.4, -0.2) is 22.6 Å². The van der Waals surface area contributed by atoms with Gasteiger partial charge in [-0.2, -0.15) is 0 Å². The number of carbonyl (C=O) groups excluding carboxylic acids is 1. The maximum atomic E-state index is 11.1. The maximum absolute atomic E-state index is 11.1. The molecule has 1 amide bonds. The zero-order chi connectivity index (χ0) is 16.9. The van der Waals surface area contributed by atoms with Crippen molar-refractivity contribution < 1.29 is 9.53 Å². The zero-order valence-corrected chi connectivity index (χ0v) is 14.4. The second-order valence-electron chi connectivity index (χ2n) is 5.40. The summed E-state index contributed by atoms with van der Waals surface area (Å²) in [6, 6.07) is 11.8. The first-order valence-corrected chi connectivity index (χ1v) is 8.50. The fourth-order valence-electron chi connectivity index (χ4n) is 2.56. The normalized spacial score (nSPS) is 12.1. The van der Waals surface area contributed by atoms with E-state index in [2.05, 4.69) is 26.3 Å². The highest BCUT2D eigenvalue weighted by Gasteiger charge is 2.15. The van der Waals surface area contributed by atoms with Gasteiger partial charge in [0.2, 0.25) is 5.91 Å². The lowest BCUT2D eigenvalue weighted by molar-refractivity contribution is -0.114. The quantitative estimate of drug-likeness (QED) is 0.738. The van der Waals surface area contributed by atoms with Gasteiger partial charge in [-0.1, -0.05) is 6.07 Å². The summed E-state index contributed by atoms with van der Waals surface area (Å²) in [4.78, 5) is 16.8. The van der Waals surface area contributed by atoms with Crippen molar-refractivity contribution >= 4 is 22.9 Å². The molecule has 0 unspecified atom stereocenters. The number of methoxy groups -OCH3 is 1. The number of hydrogen-bond acceptors (Lipinski definition) is 4. The zero-order valence-electron chi connectivity index (χ0n) is 13.6. The van der Waals surface area contributed by atoms with Crippen molar-refractivity contribution in [3.05, 3.63) is 59.0 Å². The molecule has 6 heteroatoms. The average Bonchev–Trinajstić information content (AvgIpc) is 3.24. The predicted octanol–water partition coefficient (Wildman–Crippen LogP) is 3.96. The molecule has 24 heavy (non-hydrogen) atoms. The molecule has 0 saturated heterocycles. The summed E-state index contributed by atoms with van der Waals surface area (Å²) in [5.74, 6) is 0.797. The van der Waals surface area contributed by atoms with Crippen LogP contribution in [0.4, 0.5) is 5.69 Å². The third-order valence-corrected chi connectivity index (χ3v) is 4.65. The van der Waals surface area contributed by atoms with E-state index in [-0.39, 0.29) is 12.0 Å². The number of carbonyl (C=O) groups is 1. The largest absolute Gasteiger partial charge is 0.374 e. The highest BCUT2D eigenvalue weighted by atomic mass is 32.1. The molecule has 0 aliphatic carbocycles. The van der Waals surface area contributed by atoms with E-state index >= 15 is 0 Å². The van der Waals surface area contributed by atoms with Crippen molar-refractivity contribution in [2.45, 2.75) is 19.6 Å². The minimum Gasteiger partial charge on any atom is -0.374 e. The topological polar surface area (TPSA) is 56.1 Å². The molecule has 3 aromatic rings. The van der Waals surface area contributed by atoms with Crippen molar-refractivity contribution in [3.63, 3.8) is 0 Å². The number of benzene rings is 1. The lowest BCUT2D eigenvalue weighted by atomic mass is 10.2. The molecule has 0 saturated carbocycles. The summed E-state index contributed by atoms with van der Waals surface area (Å²) in [6.07, 6.45) is 3.74. The summed E-state index contributed by atoms with van der Waals surface area (Å²) in [6.45, 7) is 2.19. The number of aromatic nitrogens is 2. The molecule has 1 aromatic carbocycles. The van der Waals surface area contributed by atoms with Crippen LogP contribution in [-0.2, 0) is 16.1 Å². The van der Waals surface area contributed by atoms with Gasteiger partial charge < -0.3 is 14.6 Å². The Kier molecular flexibility index (Phi) is 5.08. The van der Waals surface area contributed by atoms with E-state index < -0.39 is 0 Å². The van der Waals surface area contributed by atoms with Crippen molar-refractivity contribution in [2.24, 2.45) is 0 Å². The summed E-state index contributed by atoms with van der Waals surface area (Å²) in [7, 11) is 1.73. The monoisotopic (exact) mass is 341 g/mol. The van der Waals surface area contributed by atoms with Gasteiger partial charge in [-0.25, -0.2) is 4.98 Å². The number of ether oxygens (including phenoxy) is 1. The summed E-state index contributed by atoms with van der Waals surface area (Å²) in [5.41, 5.74) is 1.77. The smallest absolute Gasteiger partial charge is 0.221 e. The Bertz CT molecular complexity index is 794. The van der Waals surface area contributed by atoms with Gasteiger partial charge in [0.15, 0.2) is 0 Å². The van der Waals surface area contributed by atoms with Crippen LogP contribution in [0.2, 0.25) is 0 Å². The predicted molar refractivity (Wildman–Crippen MR) is 96.0 cm³/mol. The van der Waals surface area contributed by atoms with Crippen LogP contribution in [0.25, 0.3) is 11.4 Å². The van der Waals surface area contributed by atoms with Gasteiger partial charge in [-0.3, -0.25) is 4.79 Å². The number of nitrogens with zero attached hydrogens (tertiary/aromatic N) is 2. The molecule has 0 aliphatic rings. The van der Waals surface area contributed by atoms with Crippen LogP contribution in [0, 0.1) is 0 Å². The Balaban J connectivity index is 1.81. The molecule has 0 radical (unpaired) electrons. The molecule has 5 nitrogen and oxygen atoms in total. The fraction of sp³-hybridized carbons (Fsp3) is 0.222. The summed E-state index contributed by atoms with van der Waals surface area (Å²) >= 11 is 1.69. The van der Waals surface area contributed by atoms with E-state index in [0.29, 0.717) is 6.54 Å². The third kappa shape index (κ3) is 3.72. The van der Waals surface area contributed by atoms with Crippen LogP contribution >= 0.6 is 11.3 Å².